The van der Waals surface area contributed by atoms with Crippen LogP contribution in [0.25, 0.3) is 0 Å². The first-order valence-electron chi connectivity index (χ1n) is 8.02. The fraction of sp³-hybridized carbons (Fsp3) is 0.647. The fourth-order valence-electron chi connectivity index (χ4n) is 2.94. The first-order valence-corrected chi connectivity index (χ1v) is 8.02. The molecule has 3 nitrogen and oxygen atoms in total. The molecule has 2 N–H and O–H groups in total. The van der Waals surface area contributed by atoms with Crippen LogP contribution in [0, 0.1) is 5.82 Å². The van der Waals surface area contributed by atoms with E-state index in [-0.39, 0.29) is 5.82 Å². The summed E-state index contributed by atoms with van der Waals surface area (Å²) < 4.78 is 19.3. The van der Waals surface area contributed by atoms with Gasteiger partial charge in [0.25, 0.3) is 0 Å². The number of benzene rings is 1. The number of ether oxygens (including phenoxy) is 1. The van der Waals surface area contributed by atoms with Crippen LogP contribution in [0.3, 0.4) is 0 Å². The average molecular weight is 293 g/mol. The van der Waals surface area contributed by atoms with Crippen molar-refractivity contribution in [3.05, 3.63) is 29.6 Å². The Kier molecular flexibility index (Phi) is 4.45. The molecule has 1 aromatic carbocycles. The summed E-state index contributed by atoms with van der Waals surface area (Å²) in [5.41, 5.74) is 0.120. The highest BCUT2D eigenvalue weighted by Crippen LogP contribution is 2.30. The van der Waals surface area contributed by atoms with Gasteiger partial charge in [-0.05, 0) is 43.9 Å². The van der Waals surface area contributed by atoms with Crippen LogP contribution < -0.4 is 10.1 Å². The summed E-state index contributed by atoms with van der Waals surface area (Å²) in [6.45, 7) is 0.922. The lowest BCUT2D eigenvalue weighted by atomic mass is 9.85. The number of nitrogens with one attached hydrogen (secondary N) is 1. The molecular weight excluding hydrogens is 269 g/mol. The highest BCUT2D eigenvalue weighted by atomic mass is 19.1. The van der Waals surface area contributed by atoms with Gasteiger partial charge in [-0.3, -0.25) is 0 Å². The van der Waals surface area contributed by atoms with Gasteiger partial charge in [-0.15, -0.1) is 0 Å². The number of halogens is 1. The smallest absolute Gasteiger partial charge is 0.124 e. The van der Waals surface area contributed by atoms with E-state index in [1.165, 1.54) is 31.4 Å². The largest absolute Gasteiger partial charge is 0.490 e. The van der Waals surface area contributed by atoms with Gasteiger partial charge in [0.15, 0.2) is 0 Å². The van der Waals surface area contributed by atoms with Crippen LogP contribution in [-0.2, 0) is 6.54 Å². The lowest BCUT2D eigenvalue weighted by Gasteiger charge is -2.32. The van der Waals surface area contributed by atoms with Crippen LogP contribution in [-0.4, -0.2) is 23.4 Å². The molecule has 2 fully saturated rings. The second kappa shape index (κ2) is 6.32. The van der Waals surface area contributed by atoms with Crippen molar-refractivity contribution >= 4 is 0 Å². The Labute approximate surface area is 125 Å². The van der Waals surface area contributed by atoms with Gasteiger partial charge in [0, 0.05) is 18.2 Å². The number of rotatable bonds is 6. The molecule has 0 heterocycles. The van der Waals surface area contributed by atoms with Crippen LogP contribution in [0.2, 0.25) is 0 Å². The Morgan fingerprint density at radius 1 is 1.24 bits per heavy atom. The summed E-state index contributed by atoms with van der Waals surface area (Å²) in [6, 6.07) is 5.19. The Bertz CT molecular complexity index is 482. The van der Waals surface area contributed by atoms with E-state index in [0.29, 0.717) is 24.9 Å². The summed E-state index contributed by atoms with van der Waals surface area (Å²) in [5.74, 6) is 0.440. The monoisotopic (exact) mass is 293 g/mol. The molecular formula is C17H24FNO2. The van der Waals surface area contributed by atoms with Gasteiger partial charge in [-0.2, -0.15) is 0 Å². The Morgan fingerprint density at radius 3 is 2.71 bits per heavy atom. The molecule has 0 aromatic heterocycles. The quantitative estimate of drug-likeness (QED) is 0.846. The number of hydrogen-bond acceptors (Lipinski definition) is 3. The van der Waals surface area contributed by atoms with E-state index >= 15 is 0 Å². The molecule has 2 aliphatic rings. The van der Waals surface area contributed by atoms with Gasteiger partial charge in [-0.1, -0.05) is 19.3 Å². The molecule has 2 saturated carbocycles. The number of hydrogen-bond donors (Lipinski definition) is 2. The average Bonchev–Trinajstić information content (AvgIpc) is 3.29. The van der Waals surface area contributed by atoms with E-state index in [1.54, 1.807) is 6.07 Å². The normalized spacial score (nSPS) is 21.2. The van der Waals surface area contributed by atoms with Gasteiger partial charge >= 0.3 is 0 Å². The van der Waals surface area contributed by atoms with E-state index < -0.39 is 5.60 Å². The molecule has 0 amide bonds. The molecule has 0 aliphatic heterocycles. The van der Waals surface area contributed by atoms with Crippen molar-refractivity contribution in [3.63, 3.8) is 0 Å². The third kappa shape index (κ3) is 4.17. The van der Waals surface area contributed by atoms with E-state index in [0.717, 1.165) is 31.2 Å². The van der Waals surface area contributed by atoms with Crippen LogP contribution in [0.5, 0.6) is 5.75 Å². The molecule has 1 aromatic rings. The molecule has 0 radical (unpaired) electrons. The molecule has 0 atom stereocenters. The van der Waals surface area contributed by atoms with Crippen molar-refractivity contribution in [1.82, 2.24) is 5.32 Å². The van der Waals surface area contributed by atoms with E-state index in [1.807, 2.05) is 0 Å². The molecule has 0 unspecified atom stereocenters. The summed E-state index contributed by atoms with van der Waals surface area (Å²) in [5, 5.41) is 13.9. The minimum atomic E-state index is -0.714. The lowest BCUT2D eigenvalue weighted by molar-refractivity contribution is -0.0341. The zero-order chi connectivity index (χ0) is 14.7. The van der Waals surface area contributed by atoms with Crippen LogP contribution in [0.15, 0.2) is 18.2 Å². The van der Waals surface area contributed by atoms with Crippen LogP contribution in [0.4, 0.5) is 4.39 Å². The zero-order valence-corrected chi connectivity index (χ0v) is 12.4. The summed E-state index contributed by atoms with van der Waals surface area (Å²) >= 11 is 0. The van der Waals surface area contributed by atoms with Gasteiger partial charge in [0.1, 0.15) is 18.2 Å². The van der Waals surface area contributed by atoms with E-state index in [9.17, 15) is 9.50 Å². The molecule has 2 aliphatic carbocycles. The minimum absolute atomic E-state index is 0.244. The highest BCUT2D eigenvalue weighted by molar-refractivity contribution is 5.34. The van der Waals surface area contributed by atoms with Crippen molar-refractivity contribution < 1.29 is 14.2 Å². The molecule has 21 heavy (non-hydrogen) atoms. The molecule has 0 saturated heterocycles. The third-order valence-corrected chi connectivity index (χ3v) is 4.46. The predicted octanol–water partition coefficient (Wildman–Crippen LogP) is 3.15. The van der Waals surface area contributed by atoms with Gasteiger partial charge < -0.3 is 15.2 Å². The third-order valence-electron chi connectivity index (χ3n) is 4.46. The van der Waals surface area contributed by atoms with Crippen molar-refractivity contribution in [1.29, 1.82) is 0 Å². The second-order valence-electron chi connectivity index (χ2n) is 6.48. The fourth-order valence-corrected chi connectivity index (χ4v) is 2.94. The standard InChI is InChI=1S/C17H24FNO2/c18-14-4-7-16(13(10-14)11-19-15-5-6-15)21-12-17(20)8-2-1-3-9-17/h4,7,10,15,19-20H,1-3,5-6,8-9,11-12H2. The summed E-state index contributed by atoms with van der Waals surface area (Å²) in [6.07, 6.45) is 7.29. The maximum Gasteiger partial charge on any atom is 0.124 e. The first kappa shape index (κ1) is 14.8. The Balaban J connectivity index is 1.62. The predicted molar refractivity (Wildman–Crippen MR) is 79.8 cm³/mol. The summed E-state index contributed by atoms with van der Waals surface area (Å²) in [7, 11) is 0. The van der Waals surface area contributed by atoms with Gasteiger partial charge in [0.2, 0.25) is 0 Å². The molecule has 116 valence electrons. The number of aliphatic hydroxyl groups is 1. The van der Waals surface area contributed by atoms with Gasteiger partial charge in [0.05, 0.1) is 5.60 Å². The Morgan fingerprint density at radius 2 is 2.00 bits per heavy atom. The van der Waals surface area contributed by atoms with Crippen molar-refractivity contribution in [2.24, 2.45) is 0 Å². The molecule has 4 heteroatoms. The maximum absolute atomic E-state index is 13.4. The van der Waals surface area contributed by atoms with Crippen LogP contribution in [0.1, 0.15) is 50.5 Å². The van der Waals surface area contributed by atoms with Crippen molar-refractivity contribution in [2.75, 3.05) is 6.61 Å². The molecule has 3 rings (SSSR count). The van der Waals surface area contributed by atoms with Crippen LogP contribution >= 0.6 is 0 Å². The molecule has 0 bridgehead atoms. The first-order chi connectivity index (χ1) is 10.1. The minimum Gasteiger partial charge on any atom is -0.490 e. The van der Waals surface area contributed by atoms with E-state index in [2.05, 4.69) is 5.32 Å². The second-order valence-corrected chi connectivity index (χ2v) is 6.48. The topological polar surface area (TPSA) is 41.5 Å². The van der Waals surface area contributed by atoms with E-state index in [4.69, 9.17) is 4.74 Å². The van der Waals surface area contributed by atoms with Crippen molar-refractivity contribution in [2.45, 2.75) is 63.1 Å². The molecule has 0 spiro atoms. The zero-order valence-electron chi connectivity index (χ0n) is 12.4. The highest BCUT2D eigenvalue weighted by Gasteiger charge is 2.30. The summed E-state index contributed by atoms with van der Waals surface area (Å²) in [4.78, 5) is 0. The Hall–Kier alpha value is -1.13. The van der Waals surface area contributed by atoms with Gasteiger partial charge in [-0.25, -0.2) is 4.39 Å². The lowest BCUT2D eigenvalue weighted by Crippen LogP contribution is -2.38. The maximum atomic E-state index is 13.4. The van der Waals surface area contributed by atoms with Crippen molar-refractivity contribution in [3.8, 4) is 5.75 Å². The SMILES string of the molecule is OC1(COc2ccc(F)cc2CNC2CC2)CCCCC1.